The van der Waals surface area contributed by atoms with E-state index < -0.39 is 4.92 Å². The van der Waals surface area contributed by atoms with E-state index in [0.29, 0.717) is 18.5 Å². The summed E-state index contributed by atoms with van der Waals surface area (Å²) >= 11 is 0. The Bertz CT molecular complexity index is 1040. The van der Waals surface area contributed by atoms with E-state index >= 15 is 0 Å². The molecule has 2 aromatic carbocycles. The van der Waals surface area contributed by atoms with Gasteiger partial charge in [-0.2, -0.15) is 0 Å². The molecule has 1 aliphatic rings. The Balaban J connectivity index is 1.71. The Morgan fingerprint density at radius 2 is 1.82 bits per heavy atom. The molecule has 2 heterocycles. The van der Waals surface area contributed by atoms with Crippen molar-refractivity contribution in [3.63, 3.8) is 0 Å². The summed E-state index contributed by atoms with van der Waals surface area (Å²) in [6.07, 6.45) is 2.53. The summed E-state index contributed by atoms with van der Waals surface area (Å²) in [6.45, 7) is 0.440. The molecule has 3 aromatic rings. The van der Waals surface area contributed by atoms with Crippen molar-refractivity contribution >= 4 is 23.3 Å². The van der Waals surface area contributed by atoms with E-state index in [-0.39, 0.29) is 17.7 Å². The number of carbonyl (C=O) groups is 1. The molecule has 7 heteroatoms. The second kappa shape index (κ2) is 7.48. The highest BCUT2D eigenvalue weighted by atomic mass is 16.6. The van der Waals surface area contributed by atoms with Crippen LogP contribution in [0.5, 0.6) is 5.88 Å². The van der Waals surface area contributed by atoms with E-state index in [4.69, 9.17) is 4.74 Å². The third-order valence-corrected chi connectivity index (χ3v) is 4.70. The maximum Gasteiger partial charge on any atom is 0.330 e. The van der Waals surface area contributed by atoms with E-state index in [0.717, 1.165) is 23.2 Å². The summed E-state index contributed by atoms with van der Waals surface area (Å²) in [5.74, 6) is 0.000466. The monoisotopic (exact) mass is 375 g/mol. The van der Waals surface area contributed by atoms with Crippen LogP contribution in [0, 0.1) is 10.1 Å². The van der Waals surface area contributed by atoms with Gasteiger partial charge in [0.15, 0.2) is 6.29 Å². The molecular weight excluding hydrogens is 358 g/mol. The molecule has 1 atom stereocenters. The summed E-state index contributed by atoms with van der Waals surface area (Å²) in [5.41, 5.74) is 3.21. The van der Waals surface area contributed by atoms with Crippen LogP contribution in [-0.4, -0.2) is 28.8 Å². The number of nitro groups is 1. The number of hydrogen-bond donors (Lipinski definition) is 0. The number of anilines is 2. The van der Waals surface area contributed by atoms with E-state index in [1.807, 2.05) is 47.4 Å². The Kier molecular flexibility index (Phi) is 4.72. The second-order valence-corrected chi connectivity index (χ2v) is 6.44. The molecule has 4 rings (SSSR count). The van der Waals surface area contributed by atoms with Gasteiger partial charge in [0, 0.05) is 29.9 Å². The minimum atomic E-state index is -0.501. The molecule has 1 unspecified atom stereocenters. The van der Waals surface area contributed by atoms with Crippen molar-refractivity contribution in [2.75, 3.05) is 11.4 Å². The SMILES string of the molecule is O=Cc1ccccc1N1CC(Oc2ncccc2[N+](=O)[O-])Cc2ccccc21. The summed E-state index contributed by atoms with van der Waals surface area (Å²) in [7, 11) is 0. The van der Waals surface area contributed by atoms with Gasteiger partial charge in [0.2, 0.25) is 0 Å². The first-order valence-corrected chi connectivity index (χ1v) is 8.83. The molecule has 0 fully saturated rings. The van der Waals surface area contributed by atoms with E-state index in [2.05, 4.69) is 4.98 Å². The van der Waals surface area contributed by atoms with Gasteiger partial charge in [-0.3, -0.25) is 14.9 Å². The molecule has 0 radical (unpaired) electrons. The van der Waals surface area contributed by atoms with Gasteiger partial charge in [-0.05, 0) is 29.8 Å². The number of para-hydroxylation sites is 2. The lowest BCUT2D eigenvalue weighted by Crippen LogP contribution is -2.39. The first-order valence-electron chi connectivity index (χ1n) is 8.83. The maximum atomic E-state index is 11.5. The smallest absolute Gasteiger partial charge is 0.330 e. The molecule has 0 saturated carbocycles. The number of aromatic nitrogens is 1. The number of pyridine rings is 1. The van der Waals surface area contributed by atoms with Gasteiger partial charge in [0.05, 0.1) is 17.2 Å². The maximum absolute atomic E-state index is 11.5. The molecule has 0 N–H and O–H groups in total. The van der Waals surface area contributed by atoms with E-state index in [1.54, 1.807) is 6.07 Å². The lowest BCUT2D eigenvalue weighted by atomic mass is 9.98. The first-order chi connectivity index (χ1) is 13.7. The van der Waals surface area contributed by atoms with Crippen LogP contribution in [0.15, 0.2) is 66.9 Å². The van der Waals surface area contributed by atoms with Crippen molar-refractivity contribution < 1.29 is 14.5 Å². The number of nitrogens with zero attached hydrogens (tertiary/aromatic N) is 3. The lowest BCUT2D eigenvalue weighted by molar-refractivity contribution is -0.386. The Hall–Kier alpha value is -3.74. The number of benzene rings is 2. The molecular formula is C21H17N3O4. The van der Waals surface area contributed by atoms with Crippen LogP contribution < -0.4 is 9.64 Å². The zero-order valence-corrected chi connectivity index (χ0v) is 14.9. The highest BCUT2D eigenvalue weighted by Gasteiger charge is 2.29. The van der Waals surface area contributed by atoms with Crippen LogP contribution in [0.3, 0.4) is 0 Å². The minimum absolute atomic E-state index is 0.000466. The van der Waals surface area contributed by atoms with Gasteiger partial charge in [0.25, 0.3) is 5.88 Å². The zero-order chi connectivity index (χ0) is 19.5. The van der Waals surface area contributed by atoms with Crippen LogP contribution in [0.25, 0.3) is 0 Å². The lowest BCUT2D eigenvalue weighted by Gasteiger charge is -2.36. The number of rotatable bonds is 5. The van der Waals surface area contributed by atoms with Crippen LogP contribution in [0.1, 0.15) is 15.9 Å². The molecule has 7 nitrogen and oxygen atoms in total. The van der Waals surface area contributed by atoms with Crippen LogP contribution in [0.4, 0.5) is 17.1 Å². The normalized spacial score (nSPS) is 15.6. The summed E-state index contributed by atoms with van der Waals surface area (Å²) in [6, 6.07) is 18.1. The van der Waals surface area contributed by atoms with Crippen molar-refractivity contribution in [3.05, 3.63) is 88.1 Å². The molecule has 0 aliphatic carbocycles. The highest BCUT2D eigenvalue weighted by molar-refractivity contribution is 5.87. The molecule has 0 saturated heterocycles. The fraction of sp³-hybridized carbons (Fsp3) is 0.143. The fourth-order valence-electron chi connectivity index (χ4n) is 3.47. The van der Waals surface area contributed by atoms with Crippen molar-refractivity contribution in [2.45, 2.75) is 12.5 Å². The van der Waals surface area contributed by atoms with Gasteiger partial charge in [-0.1, -0.05) is 30.3 Å². The number of aldehydes is 1. The van der Waals surface area contributed by atoms with Gasteiger partial charge < -0.3 is 9.64 Å². The summed E-state index contributed by atoms with van der Waals surface area (Å²) < 4.78 is 5.95. The number of fused-ring (bicyclic) bond motifs is 1. The van der Waals surface area contributed by atoms with Crippen LogP contribution >= 0.6 is 0 Å². The Labute approximate surface area is 161 Å². The standard InChI is InChI=1S/C21H17N3O4/c25-14-16-7-2-4-9-19(16)23-13-17(12-15-6-1-3-8-18(15)23)28-21-20(24(26)27)10-5-11-22-21/h1-11,14,17H,12-13H2. The molecule has 0 bridgehead atoms. The third-order valence-electron chi connectivity index (χ3n) is 4.70. The van der Waals surface area contributed by atoms with Gasteiger partial charge in [-0.25, -0.2) is 4.98 Å². The topological polar surface area (TPSA) is 85.6 Å². The molecule has 1 aliphatic heterocycles. The molecule has 0 amide bonds. The predicted molar refractivity (Wildman–Crippen MR) is 104 cm³/mol. The minimum Gasteiger partial charge on any atom is -0.467 e. The average molecular weight is 375 g/mol. The van der Waals surface area contributed by atoms with Crippen molar-refractivity contribution in [2.24, 2.45) is 0 Å². The van der Waals surface area contributed by atoms with Crippen molar-refractivity contribution in [1.29, 1.82) is 0 Å². The molecule has 28 heavy (non-hydrogen) atoms. The average Bonchev–Trinajstić information content (AvgIpc) is 2.73. The fourth-order valence-corrected chi connectivity index (χ4v) is 3.47. The number of hydrogen-bond acceptors (Lipinski definition) is 6. The molecule has 0 spiro atoms. The third kappa shape index (κ3) is 3.29. The van der Waals surface area contributed by atoms with Gasteiger partial charge in [-0.15, -0.1) is 0 Å². The number of ether oxygens (including phenoxy) is 1. The summed E-state index contributed by atoms with van der Waals surface area (Å²) in [5, 5.41) is 11.3. The van der Waals surface area contributed by atoms with E-state index in [1.165, 1.54) is 18.3 Å². The first kappa shape index (κ1) is 17.7. The summed E-state index contributed by atoms with van der Waals surface area (Å²) in [4.78, 5) is 28.4. The van der Waals surface area contributed by atoms with Crippen LogP contribution in [0.2, 0.25) is 0 Å². The van der Waals surface area contributed by atoms with Gasteiger partial charge in [0.1, 0.15) is 6.10 Å². The van der Waals surface area contributed by atoms with E-state index in [9.17, 15) is 14.9 Å². The van der Waals surface area contributed by atoms with Crippen LogP contribution in [-0.2, 0) is 6.42 Å². The molecule has 140 valence electrons. The van der Waals surface area contributed by atoms with Crippen molar-refractivity contribution in [3.8, 4) is 5.88 Å². The highest BCUT2D eigenvalue weighted by Crippen LogP contribution is 2.36. The number of carbonyl (C=O) groups excluding carboxylic acids is 1. The van der Waals surface area contributed by atoms with Gasteiger partial charge >= 0.3 is 5.69 Å². The molecule has 1 aromatic heterocycles. The Morgan fingerprint density at radius 1 is 1.07 bits per heavy atom. The second-order valence-electron chi connectivity index (χ2n) is 6.44. The zero-order valence-electron chi connectivity index (χ0n) is 14.9. The largest absolute Gasteiger partial charge is 0.467 e. The predicted octanol–water partition coefficient (Wildman–Crippen LogP) is 3.94. The Morgan fingerprint density at radius 3 is 2.61 bits per heavy atom. The van der Waals surface area contributed by atoms with Crippen molar-refractivity contribution in [1.82, 2.24) is 4.98 Å². The quantitative estimate of drug-likeness (QED) is 0.381.